The second-order valence-corrected chi connectivity index (χ2v) is 7.90. The molecule has 0 aromatic heterocycles. The highest BCUT2D eigenvalue weighted by molar-refractivity contribution is 6.30. The van der Waals surface area contributed by atoms with Crippen molar-refractivity contribution in [3.05, 3.63) is 34.9 Å². The molecule has 2 saturated carbocycles. The van der Waals surface area contributed by atoms with Crippen LogP contribution in [-0.4, -0.2) is 29.9 Å². The van der Waals surface area contributed by atoms with Crippen molar-refractivity contribution >= 4 is 17.5 Å². The predicted molar refractivity (Wildman–Crippen MR) is 92.4 cm³/mol. The Kier molecular flexibility index (Phi) is 4.10. The first-order valence-corrected chi connectivity index (χ1v) is 9.38. The Morgan fingerprint density at radius 1 is 1.22 bits per heavy atom. The summed E-state index contributed by atoms with van der Waals surface area (Å²) in [6, 6.07) is 8.10. The first-order valence-electron chi connectivity index (χ1n) is 9.00. The van der Waals surface area contributed by atoms with E-state index in [9.17, 15) is 4.79 Å². The molecule has 4 heteroatoms. The van der Waals surface area contributed by atoms with E-state index in [0.29, 0.717) is 5.92 Å². The van der Waals surface area contributed by atoms with Crippen LogP contribution >= 0.6 is 11.6 Å². The molecular formula is C19H25ClN2O. The zero-order valence-corrected chi connectivity index (χ0v) is 14.3. The highest BCUT2D eigenvalue weighted by atomic mass is 35.5. The summed E-state index contributed by atoms with van der Waals surface area (Å²) in [5.41, 5.74) is 0.982. The van der Waals surface area contributed by atoms with Crippen molar-refractivity contribution in [3.8, 4) is 0 Å². The van der Waals surface area contributed by atoms with E-state index < -0.39 is 0 Å². The van der Waals surface area contributed by atoms with Crippen LogP contribution in [0.15, 0.2) is 24.3 Å². The lowest BCUT2D eigenvalue weighted by molar-refractivity contribution is -0.130. The summed E-state index contributed by atoms with van der Waals surface area (Å²) in [4.78, 5) is 15.5. The molecule has 1 amide bonds. The van der Waals surface area contributed by atoms with Gasteiger partial charge in [0.05, 0.1) is 11.6 Å². The van der Waals surface area contributed by atoms with Gasteiger partial charge in [0.2, 0.25) is 5.91 Å². The van der Waals surface area contributed by atoms with Crippen molar-refractivity contribution in [3.63, 3.8) is 0 Å². The summed E-state index contributed by atoms with van der Waals surface area (Å²) in [5.74, 6) is 0.818. The Bertz CT molecular complexity index is 589. The Labute approximate surface area is 143 Å². The van der Waals surface area contributed by atoms with E-state index in [1.807, 2.05) is 18.2 Å². The van der Waals surface area contributed by atoms with Gasteiger partial charge in [-0.25, -0.2) is 0 Å². The molecule has 3 nitrogen and oxygen atoms in total. The summed E-state index contributed by atoms with van der Waals surface area (Å²) in [7, 11) is 0. The standard InChI is InChI=1S/C19H25ClN2O/c20-16-6-3-5-15(13-16)19(9-4-10-19)21-18(23)17(14-7-8-14)22-11-1-2-12-22/h3,5-6,13-14,17H,1-2,4,7-12H2,(H,21,23). The van der Waals surface area contributed by atoms with Crippen molar-refractivity contribution in [2.24, 2.45) is 5.92 Å². The van der Waals surface area contributed by atoms with Gasteiger partial charge in [-0.2, -0.15) is 0 Å². The molecular weight excluding hydrogens is 308 g/mol. The molecule has 23 heavy (non-hydrogen) atoms. The molecule has 1 aliphatic heterocycles. The van der Waals surface area contributed by atoms with Crippen molar-refractivity contribution in [1.82, 2.24) is 10.2 Å². The fraction of sp³-hybridized carbons (Fsp3) is 0.632. The molecule has 3 aliphatic rings. The Morgan fingerprint density at radius 2 is 1.96 bits per heavy atom. The first-order chi connectivity index (χ1) is 11.2. The number of nitrogens with zero attached hydrogens (tertiary/aromatic N) is 1. The Hall–Kier alpha value is -1.06. The van der Waals surface area contributed by atoms with E-state index in [4.69, 9.17) is 11.6 Å². The number of halogens is 1. The zero-order chi connectivity index (χ0) is 15.9. The quantitative estimate of drug-likeness (QED) is 0.891. The summed E-state index contributed by atoms with van der Waals surface area (Å²) >= 11 is 6.17. The minimum atomic E-state index is -0.186. The summed E-state index contributed by atoms with van der Waals surface area (Å²) < 4.78 is 0. The molecule has 1 N–H and O–H groups in total. The minimum Gasteiger partial charge on any atom is -0.345 e. The van der Waals surface area contributed by atoms with Gasteiger partial charge >= 0.3 is 0 Å². The minimum absolute atomic E-state index is 0.0918. The topological polar surface area (TPSA) is 32.3 Å². The van der Waals surface area contributed by atoms with Crippen LogP contribution in [0.1, 0.15) is 50.5 Å². The largest absolute Gasteiger partial charge is 0.345 e. The molecule has 0 spiro atoms. The molecule has 1 atom stereocenters. The molecule has 1 aromatic rings. The number of hydrogen-bond acceptors (Lipinski definition) is 2. The summed E-state index contributed by atoms with van der Waals surface area (Å²) in [6.45, 7) is 2.16. The van der Waals surface area contributed by atoms with E-state index >= 15 is 0 Å². The molecule has 124 valence electrons. The van der Waals surface area contributed by atoms with E-state index in [-0.39, 0.29) is 17.5 Å². The molecule has 0 bridgehead atoms. The fourth-order valence-corrected chi connectivity index (χ4v) is 4.41. The van der Waals surface area contributed by atoms with Crippen LogP contribution in [0.4, 0.5) is 0 Å². The van der Waals surface area contributed by atoms with E-state index in [2.05, 4.69) is 16.3 Å². The molecule has 3 fully saturated rings. The number of amides is 1. The number of carbonyl (C=O) groups is 1. The summed E-state index contributed by atoms with van der Waals surface area (Å²) in [6.07, 6.45) is 8.10. The van der Waals surface area contributed by atoms with Crippen molar-refractivity contribution in [2.75, 3.05) is 13.1 Å². The first kappa shape index (κ1) is 15.5. The maximum absolute atomic E-state index is 13.1. The van der Waals surface area contributed by atoms with Gasteiger partial charge in [-0.15, -0.1) is 0 Å². The number of carbonyl (C=O) groups excluding carboxylic acids is 1. The van der Waals surface area contributed by atoms with Crippen molar-refractivity contribution < 1.29 is 4.79 Å². The smallest absolute Gasteiger partial charge is 0.238 e. The van der Waals surface area contributed by atoms with Crippen LogP contribution in [0.25, 0.3) is 0 Å². The van der Waals surface area contributed by atoms with Gasteiger partial charge in [0.1, 0.15) is 0 Å². The number of benzene rings is 1. The van der Waals surface area contributed by atoms with Crippen LogP contribution in [-0.2, 0) is 10.3 Å². The maximum atomic E-state index is 13.1. The normalized spacial score (nSPS) is 24.9. The molecule has 1 saturated heterocycles. The van der Waals surface area contributed by atoms with Crippen LogP contribution in [0.5, 0.6) is 0 Å². The van der Waals surface area contributed by atoms with Gasteiger partial charge < -0.3 is 5.32 Å². The van der Waals surface area contributed by atoms with Crippen LogP contribution < -0.4 is 5.32 Å². The van der Waals surface area contributed by atoms with Crippen LogP contribution in [0, 0.1) is 5.92 Å². The predicted octanol–water partition coefficient (Wildman–Crippen LogP) is 3.71. The molecule has 1 unspecified atom stereocenters. The average Bonchev–Trinajstić information content (AvgIpc) is 3.17. The second-order valence-electron chi connectivity index (χ2n) is 7.46. The fourth-order valence-electron chi connectivity index (χ4n) is 4.22. The molecule has 4 rings (SSSR count). The van der Waals surface area contributed by atoms with Crippen LogP contribution in [0.3, 0.4) is 0 Å². The van der Waals surface area contributed by atoms with Gasteiger partial charge in [0, 0.05) is 5.02 Å². The van der Waals surface area contributed by atoms with E-state index in [1.165, 1.54) is 37.7 Å². The number of nitrogens with one attached hydrogen (secondary N) is 1. The Morgan fingerprint density at radius 3 is 2.52 bits per heavy atom. The molecule has 0 radical (unpaired) electrons. The lowest BCUT2D eigenvalue weighted by atomic mass is 9.71. The number of rotatable bonds is 5. The monoisotopic (exact) mass is 332 g/mol. The molecule has 2 aliphatic carbocycles. The highest BCUT2D eigenvalue weighted by Gasteiger charge is 2.46. The SMILES string of the molecule is O=C(NC1(c2cccc(Cl)c2)CCC1)C(C1CC1)N1CCCC1. The van der Waals surface area contributed by atoms with Gasteiger partial charge in [-0.1, -0.05) is 23.7 Å². The molecule has 1 aromatic carbocycles. The zero-order valence-electron chi connectivity index (χ0n) is 13.6. The van der Waals surface area contributed by atoms with Gasteiger partial charge in [-0.3, -0.25) is 9.69 Å². The Balaban J connectivity index is 1.53. The van der Waals surface area contributed by atoms with Crippen molar-refractivity contribution in [2.45, 2.75) is 56.5 Å². The van der Waals surface area contributed by atoms with E-state index in [0.717, 1.165) is 31.0 Å². The third kappa shape index (κ3) is 3.01. The lowest BCUT2D eigenvalue weighted by Gasteiger charge is -2.44. The lowest BCUT2D eigenvalue weighted by Crippen LogP contribution is -2.57. The highest BCUT2D eigenvalue weighted by Crippen LogP contribution is 2.43. The third-order valence-corrected chi connectivity index (χ3v) is 6.05. The van der Waals surface area contributed by atoms with Crippen LogP contribution in [0.2, 0.25) is 5.02 Å². The molecule has 1 heterocycles. The summed E-state index contributed by atoms with van der Waals surface area (Å²) in [5, 5.41) is 4.18. The van der Waals surface area contributed by atoms with Gasteiger partial charge in [-0.05, 0) is 81.6 Å². The second kappa shape index (κ2) is 6.10. The third-order valence-electron chi connectivity index (χ3n) is 5.82. The van der Waals surface area contributed by atoms with E-state index in [1.54, 1.807) is 0 Å². The van der Waals surface area contributed by atoms with Gasteiger partial charge in [0.25, 0.3) is 0 Å². The van der Waals surface area contributed by atoms with Crippen molar-refractivity contribution in [1.29, 1.82) is 0 Å². The maximum Gasteiger partial charge on any atom is 0.238 e. The average molecular weight is 333 g/mol. The number of hydrogen-bond donors (Lipinski definition) is 1. The van der Waals surface area contributed by atoms with Gasteiger partial charge in [0.15, 0.2) is 0 Å². The number of likely N-dealkylation sites (tertiary alicyclic amines) is 1.